The van der Waals surface area contributed by atoms with E-state index in [1.54, 1.807) is 6.08 Å². The van der Waals surface area contributed by atoms with Crippen LogP contribution >= 0.6 is 0 Å². The molecule has 0 aromatic rings. The summed E-state index contributed by atoms with van der Waals surface area (Å²) in [7, 11) is 0. The summed E-state index contributed by atoms with van der Waals surface area (Å²) in [5.74, 6) is 0.186. The molecule has 1 aliphatic heterocycles. The molecule has 0 atom stereocenters. The lowest BCUT2D eigenvalue weighted by atomic mass is 9.91. The fourth-order valence-corrected chi connectivity index (χ4v) is 2.07. The van der Waals surface area contributed by atoms with Gasteiger partial charge in [0.25, 0.3) is 0 Å². The monoisotopic (exact) mass is 197 g/mol. The molecular weight excluding hydrogens is 186 g/mol. The van der Waals surface area contributed by atoms with Crippen LogP contribution < -0.4 is 5.32 Å². The number of ketones is 1. The molecule has 3 aliphatic rings. The number of dihydropyridines is 1. The Hall–Kier alpha value is -1.83. The first-order valence-corrected chi connectivity index (χ1v) is 5.12. The summed E-state index contributed by atoms with van der Waals surface area (Å²) < 4.78 is 0. The van der Waals surface area contributed by atoms with E-state index in [-0.39, 0.29) is 5.78 Å². The van der Waals surface area contributed by atoms with Gasteiger partial charge in [-0.05, 0) is 35.8 Å². The maximum absolute atomic E-state index is 11.3. The molecule has 1 N–H and O–H groups in total. The van der Waals surface area contributed by atoms with E-state index >= 15 is 0 Å². The first-order valence-electron chi connectivity index (χ1n) is 5.12. The molecule has 3 rings (SSSR count). The summed E-state index contributed by atoms with van der Waals surface area (Å²) >= 11 is 0. The van der Waals surface area contributed by atoms with Crippen LogP contribution in [-0.2, 0) is 4.79 Å². The minimum atomic E-state index is 0.186. The summed E-state index contributed by atoms with van der Waals surface area (Å²) in [6.45, 7) is 0. The zero-order chi connectivity index (χ0) is 10.3. The SMILES string of the molecule is O=C1C=CC2=C(C=C3CC=CC=C3N2)C1. The fraction of sp³-hybridized carbons (Fsp3) is 0.154. The van der Waals surface area contributed by atoms with E-state index in [0.717, 1.165) is 23.4 Å². The van der Waals surface area contributed by atoms with E-state index in [1.165, 1.54) is 5.57 Å². The molecule has 0 amide bonds. The van der Waals surface area contributed by atoms with Gasteiger partial charge in [0.05, 0.1) is 0 Å². The van der Waals surface area contributed by atoms with Crippen molar-refractivity contribution in [3.63, 3.8) is 0 Å². The topological polar surface area (TPSA) is 29.1 Å². The molecule has 0 radical (unpaired) electrons. The summed E-state index contributed by atoms with van der Waals surface area (Å²) in [4.78, 5) is 11.3. The van der Waals surface area contributed by atoms with Gasteiger partial charge in [-0.15, -0.1) is 0 Å². The average Bonchev–Trinajstić information content (AvgIpc) is 2.26. The fourth-order valence-electron chi connectivity index (χ4n) is 2.07. The number of carbonyl (C=O) groups is 1. The summed E-state index contributed by atoms with van der Waals surface area (Å²) in [6.07, 6.45) is 13.4. The molecule has 0 spiro atoms. The van der Waals surface area contributed by atoms with Crippen molar-refractivity contribution in [2.45, 2.75) is 12.8 Å². The van der Waals surface area contributed by atoms with Crippen molar-refractivity contribution >= 4 is 5.78 Å². The van der Waals surface area contributed by atoms with Gasteiger partial charge >= 0.3 is 0 Å². The van der Waals surface area contributed by atoms with Gasteiger partial charge in [-0.3, -0.25) is 4.79 Å². The van der Waals surface area contributed by atoms with E-state index < -0.39 is 0 Å². The van der Waals surface area contributed by atoms with Crippen LogP contribution in [0, 0.1) is 0 Å². The number of allylic oxidation sites excluding steroid dienone is 8. The highest BCUT2D eigenvalue weighted by molar-refractivity contribution is 5.94. The Balaban J connectivity index is 2.03. The highest BCUT2D eigenvalue weighted by atomic mass is 16.1. The van der Waals surface area contributed by atoms with Gasteiger partial charge < -0.3 is 5.32 Å². The van der Waals surface area contributed by atoms with E-state index in [0.29, 0.717) is 6.42 Å². The van der Waals surface area contributed by atoms with Gasteiger partial charge in [0, 0.05) is 17.8 Å². The largest absolute Gasteiger partial charge is 0.355 e. The maximum atomic E-state index is 11.3. The molecule has 1 heterocycles. The molecule has 2 nitrogen and oxygen atoms in total. The molecule has 0 bridgehead atoms. The van der Waals surface area contributed by atoms with E-state index in [4.69, 9.17) is 0 Å². The Morgan fingerprint density at radius 2 is 2.20 bits per heavy atom. The molecule has 2 heteroatoms. The van der Waals surface area contributed by atoms with Crippen LogP contribution in [0.3, 0.4) is 0 Å². The second-order valence-electron chi connectivity index (χ2n) is 3.92. The maximum Gasteiger partial charge on any atom is 0.160 e. The number of rotatable bonds is 0. The first-order chi connectivity index (χ1) is 7.33. The lowest BCUT2D eigenvalue weighted by molar-refractivity contribution is -0.114. The zero-order valence-corrected chi connectivity index (χ0v) is 8.29. The average molecular weight is 197 g/mol. The molecule has 15 heavy (non-hydrogen) atoms. The third kappa shape index (κ3) is 1.38. The van der Waals surface area contributed by atoms with Crippen molar-refractivity contribution in [3.8, 4) is 0 Å². The minimum Gasteiger partial charge on any atom is -0.355 e. The van der Waals surface area contributed by atoms with Crippen LogP contribution in [0.15, 0.2) is 59.0 Å². The smallest absolute Gasteiger partial charge is 0.160 e. The standard InChI is InChI=1S/C13H11NO/c15-11-5-6-13-10(8-11)7-9-3-1-2-4-12(9)14-13/h1-2,4-7,14H,3,8H2. The second-order valence-corrected chi connectivity index (χ2v) is 3.92. The van der Waals surface area contributed by atoms with Crippen LogP contribution in [-0.4, -0.2) is 5.78 Å². The van der Waals surface area contributed by atoms with Crippen molar-refractivity contribution in [1.82, 2.24) is 5.32 Å². The van der Waals surface area contributed by atoms with Gasteiger partial charge in [0.2, 0.25) is 0 Å². The van der Waals surface area contributed by atoms with Gasteiger partial charge in [0.1, 0.15) is 0 Å². The van der Waals surface area contributed by atoms with Gasteiger partial charge in [-0.25, -0.2) is 0 Å². The van der Waals surface area contributed by atoms with Crippen molar-refractivity contribution in [3.05, 3.63) is 59.0 Å². The zero-order valence-electron chi connectivity index (χ0n) is 8.29. The van der Waals surface area contributed by atoms with Crippen molar-refractivity contribution in [2.24, 2.45) is 0 Å². The molecule has 0 aromatic carbocycles. The predicted molar refractivity (Wildman–Crippen MR) is 58.8 cm³/mol. The number of fused-ring (bicyclic) bond motifs is 1. The van der Waals surface area contributed by atoms with Crippen LogP contribution in [0.5, 0.6) is 0 Å². The Bertz CT molecular complexity index is 487. The molecule has 0 fully saturated rings. The Kier molecular flexibility index (Phi) is 1.75. The molecule has 0 saturated heterocycles. The molecule has 0 saturated carbocycles. The number of nitrogens with one attached hydrogen (secondary N) is 1. The quantitative estimate of drug-likeness (QED) is 0.644. The first kappa shape index (κ1) is 8.48. The van der Waals surface area contributed by atoms with E-state index in [2.05, 4.69) is 29.6 Å². The molecule has 74 valence electrons. The molecule has 2 aliphatic carbocycles. The summed E-state index contributed by atoms with van der Waals surface area (Å²) in [5, 5.41) is 3.36. The van der Waals surface area contributed by atoms with Gasteiger partial charge in [-0.1, -0.05) is 18.2 Å². The third-order valence-corrected chi connectivity index (χ3v) is 2.85. The van der Waals surface area contributed by atoms with E-state index in [9.17, 15) is 4.79 Å². The highest BCUT2D eigenvalue weighted by Gasteiger charge is 2.19. The third-order valence-electron chi connectivity index (χ3n) is 2.85. The number of hydrogen-bond donors (Lipinski definition) is 1. The van der Waals surface area contributed by atoms with Crippen LogP contribution in [0.1, 0.15) is 12.8 Å². The highest BCUT2D eigenvalue weighted by Crippen LogP contribution is 2.29. The Morgan fingerprint density at radius 3 is 3.13 bits per heavy atom. The van der Waals surface area contributed by atoms with Crippen LogP contribution in [0.4, 0.5) is 0 Å². The predicted octanol–water partition coefficient (Wildman–Crippen LogP) is 2.14. The molecule has 0 unspecified atom stereocenters. The van der Waals surface area contributed by atoms with Crippen LogP contribution in [0.25, 0.3) is 0 Å². The lowest BCUT2D eigenvalue weighted by Gasteiger charge is -2.25. The summed E-state index contributed by atoms with van der Waals surface area (Å²) in [5.41, 5.74) is 4.62. The second kappa shape index (κ2) is 3.09. The van der Waals surface area contributed by atoms with Crippen molar-refractivity contribution in [1.29, 1.82) is 0 Å². The van der Waals surface area contributed by atoms with Crippen molar-refractivity contribution in [2.75, 3.05) is 0 Å². The van der Waals surface area contributed by atoms with Crippen molar-refractivity contribution < 1.29 is 4.79 Å². The molecular formula is C13H11NO. The van der Waals surface area contributed by atoms with Gasteiger partial charge in [-0.2, -0.15) is 0 Å². The number of carbonyl (C=O) groups excluding carboxylic acids is 1. The molecule has 0 aromatic heterocycles. The van der Waals surface area contributed by atoms with Gasteiger partial charge in [0.15, 0.2) is 5.78 Å². The Labute approximate surface area is 88.4 Å². The normalized spacial score (nSPS) is 22.8. The summed E-state index contributed by atoms with van der Waals surface area (Å²) in [6, 6.07) is 0. The Morgan fingerprint density at radius 1 is 1.27 bits per heavy atom. The van der Waals surface area contributed by atoms with E-state index in [1.807, 2.05) is 6.08 Å². The lowest BCUT2D eigenvalue weighted by Crippen LogP contribution is -2.22. The number of hydrogen-bond acceptors (Lipinski definition) is 2. The van der Waals surface area contributed by atoms with Crippen LogP contribution in [0.2, 0.25) is 0 Å². The minimum absolute atomic E-state index is 0.186.